The van der Waals surface area contributed by atoms with Crippen LogP contribution < -0.4 is 4.74 Å². The molecule has 29 heavy (non-hydrogen) atoms. The van der Waals surface area contributed by atoms with Gasteiger partial charge in [-0.25, -0.2) is 4.79 Å². The summed E-state index contributed by atoms with van der Waals surface area (Å²) in [4.78, 5) is 12.1. The second kappa shape index (κ2) is 9.21. The van der Waals surface area contributed by atoms with E-state index in [0.717, 1.165) is 0 Å². The van der Waals surface area contributed by atoms with Crippen LogP contribution in [-0.4, -0.2) is 68.8 Å². The molecule has 5 N–H and O–H groups in total. The predicted molar refractivity (Wildman–Crippen MR) is 98.1 cm³/mol. The third-order valence-corrected chi connectivity index (χ3v) is 4.51. The number of phenols is 1. The van der Waals surface area contributed by atoms with E-state index >= 15 is 0 Å². The summed E-state index contributed by atoms with van der Waals surface area (Å²) in [6, 6.07) is 12.2. The van der Waals surface area contributed by atoms with Crippen molar-refractivity contribution < 1.29 is 44.5 Å². The van der Waals surface area contributed by atoms with Gasteiger partial charge in [-0.05, 0) is 30.3 Å². The number of aliphatic hydroxyl groups is 4. The minimum absolute atomic E-state index is 0.0901. The average Bonchev–Trinajstić information content (AvgIpc) is 2.74. The number of aromatic hydroxyl groups is 1. The Balaban J connectivity index is 1.69. The lowest BCUT2D eigenvalue weighted by atomic mass is 9.99. The van der Waals surface area contributed by atoms with E-state index in [1.165, 1.54) is 18.2 Å². The van der Waals surface area contributed by atoms with Gasteiger partial charge in [0.15, 0.2) is 0 Å². The molecule has 2 aromatic rings. The molecule has 0 unspecified atom stereocenters. The molecule has 0 aromatic heterocycles. The lowest BCUT2D eigenvalue weighted by Gasteiger charge is -2.40. The van der Waals surface area contributed by atoms with Crippen LogP contribution in [0.25, 0.3) is 0 Å². The Bertz CT molecular complexity index is 826. The van der Waals surface area contributed by atoms with Crippen molar-refractivity contribution in [1.82, 2.24) is 0 Å². The Morgan fingerprint density at radius 3 is 2.41 bits per heavy atom. The Morgan fingerprint density at radius 1 is 1.00 bits per heavy atom. The summed E-state index contributed by atoms with van der Waals surface area (Å²) in [6.45, 7) is -0.836. The van der Waals surface area contributed by atoms with Gasteiger partial charge >= 0.3 is 5.97 Å². The fourth-order valence-electron chi connectivity index (χ4n) is 2.90. The molecule has 1 aliphatic rings. The molecular weight excluding hydrogens is 384 g/mol. The Kier molecular flexibility index (Phi) is 6.68. The minimum atomic E-state index is -1.62. The first-order valence-corrected chi connectivity index (χ1v) is 8.92. The molecule has 1 saturated heterocycles. The summed E-state index contributed by atoms with van der Waals surface area (Å²) in [5, 5.41) is 49.4. The molecule has 3 rings (SSSR count). The second-order valence-electron chi connectivity index (χ2n) is 6.55. The number of carbonyl (C=O) groups excluding carboxylic acids is 1. The van der Waals surface area contributed by atoms with Crippen LogP contribution in [0.4, 0.5) is 0 Å². The largest absolute Gasteiger partial charge is 0.508 e. The van der Waals surface area contributed by atoms with Crippen LogP contribution in [0.2, 0.25) is 0 Å². The SMILES string of the molecule is O=C(OC[C@@H]1O[C@H](Oc2ccc(O)cc2CO)[C@@H](O)[C@H](O)[C@H]1O)c1ccccc1. The van der Waals surface area contributed by atoms with Crippen LogP contribution in [-0.2, 0) is 16.1 Å². The predicted octanol–water partition coefficient (Wildman–Crippen LogP) is -0.0721. The number of benzene rings is 2. The second-order valence-corrected chi connectivity index (χ2v) is 6.55. The summed E-state index contributed by atoms with van der Waals surface area (Å²) < 4.78 is 16.2. The van der Waals surface area contributed by atoms with Crippen LogP contribution in [0.3, 0.4) is 0 Å². The molecule has 5 atom stereocenters. The molecule has 156 valence electrons. The van der Waals surface area contributed by atoms with Crippen LogP contribution in [0.5, 0.6) is 11.5 Å². The highest BCUT2D eigenvalue weighted by Crippen LogP contribution is 2.29. The van der Waals surface area contributed by atoms with E-state index in [2.05, 4.69) is 0 Å². The number of hydrogen-bond donors (Lipinski definition) is 5. The maximum absolute atomic E-state index is 12.1. The molecule has 1 fully saturated rings. The highest BCUT2D eigenvalue weighted by Gasteiger charge is 2.45. The molecule has 0 amide bonds. The highest BCUT2D eigenvalue weighted by molar-refractivity contribution is 5.89. The monoisotopic (exact) mass is 406 g/mol. The lowest BCUT2D eigenvalue weighted by molar-refractivity contribution is -0.277. The maximum atomic E-state index is 12.1. The van der Waals surface area contributed by atoms with Crippen molar-refractivity contribution in [3.63, 3.8) is 0 Å². The smallest absolute Gasteiger partial charge is 0.338 e. The van der Waals surface area contributed by atoms with Gasteiger partial charge < -0.3 is 39.7 Å². The highest BCUT2D eigenvalue weighted by atomic mass is 16.7. The van der Waals surface area contributed by atoms with Crippen molar-refractivity contribution in [3.05, 3.63) is 59.7 Å². The number of hydrogen-bond acceptors (Lipinski definition) is 9. The van der Waals surface area contributed by atoms with Crippen molar-refractivity contribution in [2.24, 2.45) is 0 Å². The van der Waals surface area contributed by atoms with E-state index in [-0.39, 0.29) is 23.7 Å². The van der Waals surface area contributed by atoms with Gasteiger partial charge in [0.1, 0.15) is 42.5 Å². The molecule has 9 heteroatoms. The number of aliphatic hydroxyl groups excluding tert-OH is 4. The summed E-state index contributed by atoms with van der Waals surface area (Å²) in [6.07, 6.45) is -7.33. The third-order valence-electron chi connectivity index (χ3n) is 4.51. The van der Waals surface area contributed by atoms with Crippen LogP contribution in [0.15, 0.2) is 48.5 Å². The van der Waals surface area contributed by atoms with Gasteiger partial charge in [-0.3, -0.25) is 0 Å². The molecule has 0 saturated carbocycles. The van der Waals surface area contributed by atoms with Crippen molar-refractivity contribution in [2.75, 3.05) is 6.61 Å². The van der Waals surface area contributed by atoms with E-state index in [0.29, 0.717) is 5.56 Å². The van der Waals surface area contributed by atoms with Crippen molar-refractivity contribution >= 4 is 5.97 Å². The standard InChI is InChI=1S/C20H22O9/c21-9-12-8-13(22)6-7-14(12)28-20-18(25)17(24)16(23)15(29-20)10-27-19(26)11-4-2-1-3-5-11/h1-8,15-18,20-25H,9-10H2/t15-,16-,17+,18-,20-/m0/s1. The van der Waals surface area contributed by atoms with Crippen molar-refractivity contribution in [1.29, 1.82) is 0 Å². The first-order valence-electron chi connectivity index (χ1n) is 8.92. The van der Waals surface area contributed by atoms with Gasteiger partial charge in [-0.1, -0.05) is 18.2 Å². The number of carbonyl (C=O) groups is 1. The van der Waals surface area contributed by atoms with Gasteiger partial charge in [0, 0.05) is 5.56 Å². The zero-order valence-corrected chi connectivity index (χ0v) is 15.3. The topological polar surface area (TPSA) is 146 Å². The first kappa shape index (κ1) is 21.0. The van der Waals surface area contributed by atoms with E-state index in [4.69, 9.17) is 14.2 Å². The molecule has 9 nitrogen and oxygen atoms in total. The fourth-order valence-corrected chi connectivity index (χ4v) is 2.90. The van der Waals surface area contributed by atoms with E-state index in [1.54, 1.807) is 30.3 Å². The quantitative estimate of drug-likeness (QED) is 0.416. The number of ether oxygens (including phenoxy) is 3. The van der Waals surface area contributed by atoms with Gasteiger partial charge in [-0.2, -0.15) is 0 Å². The van der Waals surface area contributed by atoms with Crippen molar-refractivity contribution in [2.45, 2.75) is 37.3 Å². The molecule has 0 aliphatic carbocycles. The van der Waals surface area contributed by atoms with E-state index in [1.807, 2.05) is 0 Å². The molecule has 1 aliphatic heterocycles. The van der Waals surface area contributed by atoms with Gasteiger partial charge in [0.25, 0.3) is 0 Å². The van der Waals surface area contributed by atoms with Crippen LogP contribution in [0.1, 0.15) is 15.9 Å². The summed E-state index contributed by atoms with van der Waals surface area (Å²) in [5.41, 5.74) is 0.538. The number of rotatable bonds is 6. The Hall–Kier alpha value is -2.69. The van der Waals surface area contributed by atoms with Gasteiger partial charge in [-0.15, -0.1) is 0 Å². The molecule has 0 radical (unpaired) electrons. The molecule has 1 heterocycles. The van der Waals surface area contributed by atoms with Gasteiger partial charge in [0.2, 0.25) is 6.29 Å². The minimum Gasteiger partial charge on any atom is -0.508 e. The zero-order chi connectivity index (χ0) is 21.0. The summed E-state index contributed by atoms with van der Waals surface area (Å²) in [7, 11) is 0. The first-order chi connectivity index (χ1) is 13.9. The maximum Gasteiger partial charge on any atom is 0.338 e. The Morgan fingerprint density at radius 2 is 1.72 bits per heavy atom. The van der Waals surface area contributed by atoms with Crippen molar-refractivity contribution in [3.8, 4) is 11.5 Å². The van der Waals surface area contributed by atoms with Crippen LogP contribution in [0, 0.1) is 0 Å². The molecular formula is C20H22O9. The molecule has 0 bridgehead atoms. The zero-order valence-electron chi connectivity index (χ0n) is 15.3. The molecule has 0 spiro atoms. The van der Waals surface area contributed by atoms with Crippen LogP contribution >= 0.6 is 0 Å². The van der Waals surface area contributed by atoms with E-state index in [9.17, 15) is 30.3 Å². The molecule has 2 aromatic carbocycles. The summed E-state index contributed by atoms with van der Waals surface area (Å²) in [5.74, 6) is -0.619. The van der Waals surface area contributed by atoms with Gasteiger partial charge in [0.05, 0.1) is 12.2 Å². The Labute approximate surface area is 166 Å². The number of phenolic OH excluding ortho intramolecular Hbond substituents is 1. The fraction of sp³-hybridized carbons (Fsp3) is 0.350. The lowest BCUT2D eigenvalue weighted by Crippen LogP contribution is -2.60. The summed E-state index contributed by atoms with van der Waals surface area (Å²) >= 11 is 0. The average molecular weight is 406 g/mol. The normalized spacial score (nSPS) is 26.7. The number of esters is 1. The van der Waals surface area contributed by atoms with E-state index < -0.39 is 43.3 Å². The third kappa shape index (κ3) is 4.84.